The van der Waals surface area contributed by atoms with E-state index in [1.165, 1.54) is 14.2 Å². The van der Waals surface area contributed by atoms with Gasteiger partial charge in [0, 0.05) is 27.8 Å². The molecule has 178 valence electrons. The fourth-order valence-corrected chi connectivity index (χ4v) is 5.35. The quantitative estimate of drug-likeness (QED) is 0.380. The summed E-state index contributed by atoms with van der Waals surface area (Å²) < 4.78 is 16.4. The first-order valence-corrected chi connectivity index (χ1v) is 11.4. The zero-order valence-corrected chi connectivity index (χ0v) is 19.3. The Kier molecular flexibility index (Phi) is 4.95. The Hall–Kier alpha value is -4.33. The second kappa shape index (κ2) is 8.16. The van der Waals surface area contributed by atoms with Crippen molar-refractivity contribution in [2.24, 2.45) is 0 Å². The van der Waals surface area contributed by atoms with Gasteiger partial charge >= 0.3 is 6.09 Å². The van der Waals surface area contributed by atoms with Gasteiger partial charge in [-0.05, 0) is 35.9 Å². The van der Waals surface area contributed by atoms with Crippen LogP contribution in [-0.4, -0.2) is 48.0 Å². The summed E-state index contributed by atoms with van der Waals surface area (Å²) in [5.74, 6) is 0.451. The number of amides is 1. The number of nitrogens with one attached hydrogen (secondary N) is 2. The lowest BCUT2D eigenvalue weighted by atomic mass is 9.85. The maximum absolute atomic E-state index is 13.1. The zero-order chi connectivity index (χ0) is 24.1. The number of carbonyl (C=O) groups is 1. The Balaban J connectivity index is 1.60. The molecule has 0 spiro atoms. The van der Waals surface area contributed by atoms with Gasteiger partial charge in [0.25, 0.3) is 0 Å². The van der Waals surface area contributed by atoms with Crippen molar-refractivity contribution in [1.82, 2.24) is 9.88 Å². The number of aromatic nitrogens is 1. The molecule has 0 aliphatic carbocycles. The minimum atomic E-state index is -0.491. The molecule has 0 saturated carbocycles. The predicted molar refractivity (Wildman–Crippen MR) is 131 cm³/mol. The number of rotatable bonds is 5. The van der Waals surface area contributed by atoms with Gasteiger partial charge in [-0.25, -0.2) is 4.79 Å². The van der Waals surface area contributed by atoms with Gasteiger partial charge in [-0.2, -0.15) is 0 Å². The van der Waals surface area contributed by atoms with Gasteiger partial charge in [0.1, 0.15) is 12.6 Å². The average molecular weight is 472 g/mol. The van der Waals surface area contributed by atoms with Crippen molar-refractivity contribution in [2.45, 2.75) is 18.1 Å². The van der Waals surface area contributed by atoms with Crippen molar-refractivity contribution in [3.63, 3.8) is 0 Å². The number of hydrogen-bond acceptors (Lipinski definition) is 6. The molecule has 0 radical (unpaired) electrons. The van der Waals surface area contributed by atoms with Gasteiger partial charge in [0.2, 0.25) is 5.75 Å². The molecular weight excluding hydrogens is 446 g/mol. The first-order valence-electron chi connectivity index (χ1n) is 11.4. The summed E-state index contributed by atoms with van der Waals surface area (Å²) in [6.45, 7) is 0.255. The molecule has 2 aliphatic heterocycles. The predicted octanol–water partition coefficient (Wildman–Crippen LogP) is 4.97. The van der Waals surface area contributed by atoms with Crippen LogP contribution >= 0.6 is 0 Å². The van der Waals surface area contributed by atoms with Crippen LogP contribution in [0.4, 0.5) is 10.5 Å². The second-order valence-electron chi connectivity index (χ2n) is 8.71. The van der Waals surface area contributed by atoms with Crippen molar-refractivity contribution in [3.8, 4) is 17.2 Å². The topological polar surface area (TPSA) is 96.1 Å². The van der Waals surface area contributed by atoms with Crippen LogP contribution in [0, 0.1) is 0 Å². The number of anilines is 1. The number of nitrogens with zero attached hydrogens (tertiary/aromatic N) is 1. The van der Waals surface area contributed by atoms with E-state index in [4.69, 9.17) is 14.2 Å². The molecule has 3 N–H and O–H groups in total. The Bertz CT molecular complexity index is 1390. The molecule has 3 heterocycles. The van der Waals surface area contributed by atoms with Crippen molar-refractivity contribution in [1.29, 1.82) is 0 Å². The maximum atomic E-state index is 13.1. The summed E-state index contributed by atoms with van der Waals surface area (Å²) in [5, 5.41) is 15.2. The number of carbonyl (C=O) groups excluding carboxylic acids is 1. The summed E-state index contributed by atoms with van der Waals surface area (Å²) in [7, 11) is 2.97. The number of phenols is 1. The number of para-hydroxylation sites is 2. The molecule has 4 aromatic rings. The van der Waals surface area contributed by atoms with E-state index in [9.17, 15) is 9.90 Å². The van der Waals surface area contributed by atoms with Gasteiger partial charge in [-0.15, -0.1) is 0 Å². The van der Waals surface area contributed by atoms with Crippen LogP contribution < -0.4 is 14.8 Å². The highest BCUT2D eigenvalue weighted by atomic mass is 16.6. The van der Waals surface area contributed by atoms with Crippen LogP contribution in [0.15, 0.2) is 66.7 Å². The van der Waals surface area contributed by atoms with E-state index in [0.717, 1.165) is 33.4 Å². The van der Waals surface area contributed by atoms with Crippen LogP contribution in [0.25, 0.3) is 10.9 Å². The molecule has 3 atom stereocenters. The van der Waals surface area contributed by atoms with E-state index >= 15 is 0 Å². The lowest BCUT2D eigenvalue weighted by Gasteiger charge is -2.41. The molecule has 8 heteroatoms. The molecule has 8 nitrogen and oxygen atoms in total. The van der Waals surface area contributed by atoms with E-state index < -0.39 is 12.1 Å². The van der Waals surface area contributed by atoms with Crippen LogP contribution in [0.5, 0.6) is 17.2 Å². The summed E-state index contributed by atoms with van der Waals surface area (Å²) in [6.07, 6.45) is -0.393. The molecule has 1 fully saturated rings. The molecule has 0 unspecified atom stereocenters. The molecule has 1 saturated heterocycles. The largest absolute Gasteiger partial charge is 0.502 e. The second-order valence-corrected chi connectivity index (χ2v) is 8.71. The molecule has 6 rings (SSSR count). The molecule has 1 aromatic heterocycles. The van der Waals surface area contributed by atoms with E-state index in [1.807, 2.05) is 48.5 Å². The van der Waals surface area contributed by atoms with Gasteiger partial charge in [-0.3, -0.25) is 4.90 Å². The van der Waals surface area contributed by atoms with Crippen LogP contribution in [-0.2, 0) is 4.74 Å². The van der Waals surface area contributed by atoms with Crippen molar-refractivity contribution >= 4 is 22.7 Å². The van der Waals surface area contributed by atoms with E-state index in [2.05, 4.69) is 16.4 Å². The van der Waals surface area contributed by atoms with E-state index in [1.54, 1.807) is 17.0 Å². The Labute approximate surface area is 202 Å². The van der Waals surface area contributed by atoms with Crippen molar-refractivity contribution < 1.29 is 24.1 Å². The number of phenolic OH excluding ortho intramolecular Hbond substituents is 1. The number of hydrogen-bond donors (Lipinski definition) is 3. The zero-order valence-electron chi connectivity index (χ0n) is 19.3. The van der Waals surface area contributed by atoms with Gasteiger partial charge < -0.3 is 29.6 Å². The Morgan fingerprint density at radius 3 is 2.43 bits per heavy atom. The minimum Gasteiger partial charge on any atom is -0.502 e. The molecular formula is C27H25N3O5. The molecule has 0 bridgehead atoms. The third kappa shape index (κ3) is 3.24. The van der Waals surface area contributed by atoms with Crippen LogP contribution in [0.2, 0.25) is 0 Å². The average Bonchev–Trinajstić information content (AvgIpc) is 3.46. The fourth-order valence-electron chi connectivity index (χ4n) is 5.35. The highest BCUT2D eigenvalue weighted by molar-refractivity contribution is 5.88. The summed E-state index contributed by atoms with van der Waals surface area (Å²) in [4.78, 5) is 18.5. The number of cyclic esters (lactones) is 1. The highest BCUT2D eigenvalue weighted by Gasteiger charge is 2.50. The SMILES string of the molecule is COc1cc([C@@H]2c3[nH]c4ccccc4c3[C@@H](Nc3ccccc3)[C@H]3COC(=O)N23)cc(OC)c1O. The number of H-pyrrole nitrogens is 1. The lowest BCUT2D eigenvalue weighted by molar-refractivity contribution is 0.145. The number of aromatic hydroxyl groups is 1. The van der Waals surface area contributed by atoms with E-state index in [-0.39, 0.29) is 35.9 Å². The highest BCUT2D eigenvalue weighted by Crippen LogP contribution is 2.50. The third-order valence-corrected chi connectivity index (χ3v) is 6.88. The summed E-state index contributed by atoms with van der Waals surface area (Å²) in [6, 6.07) is 20.6. The van der Waals surface area contributed by atoms with Gasteiger partial charge in [-0.1, -0.05) is 36.4 Å². The number of ether oxygens (including phenoxy) is 3. The minimum absolute atomic E-state index is 0.0874. The van der Waals surface area contributed by atoms with E-state index in [0.29, 0.717) is 0 Å². The van der Waals surface area contributed by atoms with Crippen LogP contribution in [0.1, 0.15) is 28.9 Å². The van der Waals surface area contributed by atoms with Crippen LogP contribution in [0.3, 0.4) is 0 Å². The molecule has 35 heavy (non-hydrogen) atoms. The maximum Gasteiger partial charge on any atom is 0.411 e. The third-order valence-electron chi connectivity index (χ3n) is 6.88. The lowest BCUT2D eigenvalue weighted by Crippen LogP contribution is -2.47. The number of fused-ring (bicyclic) bond motifs is 4. The summed E-state index contributed by atoms with van der Waals surface area (Å²) in [5.41, 5.74) is 4.64. The van der Waals surface area contributed by atoms with Crippen molar-refractivity contribution in [2.75, 3.05) is 26.1 Å². The molecule has 3 aromatic carbocycles. The number of aromatic amines is 1. The number of benzene rings is 3. The van der Waals surface area contributed by atoms with Gasteiger partial charge in [0.05, 0.1) is 26.3 Å². The normalized spacial score (nSPS) is 20.8. The van der Waals surface area contributed by atoms with Crippen molar-refractivity contribution in [3.05, 3.63) is 83.6 Å². The smallest absolute Gasteiger partial charge is 0.411 e. The molecule has 1 amide bonds. The monoisotopic (exact) mass is 471 g/mol. The summed E-state index contributed by atoms with van der Waals surface area (Å²) >= 11 is 0. The van der Waals surface area contributed by atoms with Gasteiger partial charge in [0.15, 0.2) is 11.5 Å². The number of methoxy groups -OCH3 is 2. The standard InChI is InChI=1S/C27H25N3O5/c1-33-20-12-15(13-21(34-2)26(20)31)25-24-22(17-10-6-7-11-18(17)29-24)23(19-14-35-27(32)30(19)25)28-16-8-4-3-5-9-16/h3-13,19,23,25,28-29,31H,14H2,1-2H3/t19-,23+,25-/m1/s1. The fraction of sp³-hybridized carbons (Fsp3) is 0.222. The molecule has 2 aliphatic rings. The Morgan fingerprint density at radius 1 is 1.03 bits per heavy atom. The first-order chi connectivity index (χ1) is 17.1. The Morgan fingerprint density at radius 2 is 1.71 bits per heavy atom. The first kappa shape index (κ1) is 21.2.